The van der Waals surface area contributed by atoms with Gasteiger partial charge in [-0.3, -0.25) is 4.79 Å². The number of ether oxygens (including phenoxy) is 2. The fourth-order valence-electron chi connectivity index (χ4n) is 3.73. The molecule has 7 nitrogen and oxygen atoms in total. The molecule has 0 saturated carbocycles. The highest BCUT2D eigenvalue weighted by Gasteiger charge is 2.34. The second-order valence-corrected chi connectivity index (χ2v) is 9.37. The molecule has 162 valence electrons. The number of hydrogen-bond acceptors (Lipinski definition) is 5. The molecule has 2 aromatic rings. The van der Waals surface area contributed by atoms with Crippen molar-refractivity contribution < 1.29 is 22.7 Å². The molecule has 0 aromatic heterocycles. The van der Waals surface area contributed by atoms with E-state index in [0.29, 0.717) is 30.9 Å². The first-order chi connectivity index (χ1) is 14.3. The number of hydrogen-bond donors (Lipinski definition) is 0. The Labute approximate surface area is 178 Å². The van der Waals surface area contributed by atoms with Crippen molar-refractivity contribution in [2.24, 2.45) is 5.92 Å². The van der Waals surface area contributed by atoms with Crippen LogP contribution in [0.2, 0.25) is 0 Å². The van der Waals surface area contributed by atoms with Crippen LogP contribution in [0.1, 0.15) is 18.4 Å². The van der Waals surface area contributed by atoms with Crippen LogP contribution in [0.5, 0.6) is 11.5 Å². The number of rotatable bonds is 6. The summed E-state index contributed by atoms with van der Waals surface area (Å²) in [6.07, 6.45) is 1.30. The molecule has 2 aromatic carbocycles. The summed E-state index contributed by atoms with van der Waals surface area (Å²) in [5.74, 6) is 0.872. The van der Waals surface area contributed by atoms with Crippen LogP contribution in [0.3, 0.4) is 0 Å². The summed E-state index contributed by atoms with van der Waals surface area (Å²) in [6, 6.07) is 12.0. The van der Waals surface area contributed by atoms with Crippen LogP contribution in [0, 0.1) is 12.8 Å². The van der Waals surface area contributed by atoms with Crippen molar-refractivity contribution in [3.8, 4) is 11.5 Å². The molecule has 1 fully saturated rings. The van der Waals surface area contributed by atoms with Gasteiger partial charge in [0.1, 0.15) is 11.5 Å². The van der Waals surface area contributed by atoms with Gasteiger partial charge in [-0.25, -0.2) is 8.42 Å². The van der Waals surface area contributed by atoms with E-state index in [0.717, 1.165) is 11.3 Å². The topological polar surface area (TPSA) is 76.2 Å². The monoisotopic (exact) mass is 432 g/mol. The minimum Gasteiger partial charge on any atom is -0.497 e. The standard InChI is InChI=1S/C22H28N2O5S/c1-16-14-20(11-12-21(16)29-4)30(26,27)24-13-5-6-17(15-24)22(25)23(2)18-7-9-19(28-3)10-8-18/h7-12,14,17H,5-6,13,15H2,1-4H3/t17-/m1/s1. The highest BCUT2D eigenvalue weighted by molar-refractivity contribution is 7.89. The maximum absolute atomic E-state index is 13.2. The lowest BCUT2D eigenvalue weighted by molar-refractivity contribution is -0.123. The van der Waals surface area contributed by atoms with Crippen LogP contribution in [0.25, 0.3) is 0 Å². The van der Waals surface area contributed by atoms with Crippen LogP contribution in [-0.4, -0.2) is 53.0 Å². The summed E-state index contributed by atoms with van der Waals surface area (Å²) < 4.78 is 38.1. The van der Waals surface area contributed by atoms with Gasteiger partial charge in [-0.2, -0.15) is 4.31 Å². The van der Waals surface area contributed by atoms with Crippen molar-refractivity contribution >= 4 is 21.6 Å². The lowest BCUT2D eigenvalue weighted by Gasteiger charge is -2.33. The maximum Gasteiger partial charge on any atom is 0.243 e. The smallest absolute Gasteiger partial charge is 0.243 e. The number of piperidine rings is 1. The first kappa shape index (κ1) is 22.1. The molecule has 1 aliphatic rings. The molecular weight excluding hydrogens is 404 g/mol. The molecule has 0 spiro atoms. The van der Waals surface area contributed by atoms with Crippen molar-refractivity contribution in [3.63, 3.8) is 0 Å². The number of nitrogens with zero attached hydrogens (tertiary/aromatic N) is 2. The predicted octanol–water partition coefficient (Wildman–Crippen LogP) is 3.08. The van der Waals surface area contributed by atoms with Gasteiger partial charge in [0.15, 0.2) is 0 Å². The van der Waals surface area contributed by atoms with E-state index >= 15 is 0 Å². The summed E-state index contributed by atoms with van der Waals surface area (Å²) in [5, 5.41) is 0. The first-order valence-corrected chi connectivity index (χ1v) is 11.3. The average Bonchev–Trinajstić information content (AvgIpc) is 2.78. The van der Waals surface area contributed by atoms with Crippen LogP contribution >= 0.6 is 0 Å². The van der Waals surface area contributed by atoms with Gasteiger partial charge >= 0.3 is 0 Å². The Morgan fingerprint density at radius 1 is 1.10 bits per heavy atom. The van der Waals surface area contributed by atoms with E-state index in [2.05, 4.69) is 0 Å². The zero-order valence-corrected chi connectivity index (χ0v) is 18.6. The normalized spacial score (nSPS) is 17.4. The molecule has 1 atom stereocenters. The fraction of sp³-hybridized carbons (Fsp3) is 0.409. The first-order valence-electron chi connectivity index (χ1n) is 9.84. The minimum absolute atomic E-state index is 0.0917. The van der Waals surface area contributed by atoms with Crippen LogP contribution in [0.15, 0.2) is 47.4 Å². The summed E-state index contributed by atoms with van der Waals surface area (Å²) in [6.45, 7) is 2.39. The van der Waals surface area contributed by atoms with Crippen LogP contribution < -0.4 is 14.4 Å². The molecule has 1 heterocycles. The highest BCUT2D eigenvalue weighted by Crippen LogP contribution is 2.29. The van der Waals surface area contributed by atoms with E-state index < -0.39 is 10.0 Å². The van der Waals surface area contributed by atoms with Gasteiger partial charge in [-0.15, -0.1) is 0 Å². The molecule has 8 heteroatoms. The Morgan fingerprint density at radius 2 is 1.80 bits per heavy atom. The third kappa shape index (κ3) is 4.44. The van der Waals surface area contributed by atoms with Crippen molar-refractivity contribution in [1.82, 2.24) is 4.31 Å². The molecule has 1 amide bonds. The van der Waals surface area contributed by atoms with Crippen LogP contribution in [-0.2, 0) is 14.8 Å². The summed E-state index contributed by atoms with van der Waals surface area (Å²) in [4.78, 5) is 14.9. The summed E-state index contributed by atoms with van der Waals surface area (Å²) in [7, 11) is 1.17. The average molecular weight is 433 g/mol. The second-order valence-electron chi connectivity index (χ2n) is 7.43. The highest BCUT2D eigenvalue weighted by atomic mass is 32.2. The number of sulfonamides is 1. The third-order valence-corrected chi connectivity index (χ3v) is 7.39. The Balaban J connectivity index is 1.76. The van der Waals surface area contributed by atoms with Crippen LogP contribution in [0.4, 0.5) is 5.69 Å². The van der Waals surface area contributed by atoms with Gasteiger partial charge in [-0.1, -0.05) is 0 Å². The van der Waals surface area contributed by atoms with Gasteiger partial charge in [0.2, 0.25) is 15.9 Å². The second kappa shape index (κ2) is 9.06. The molecule has 0 aliphatic carbocycles. The number of amides is 1. The van der Waals surface area contributed by atoms with E-state index in [1.165, 1.54) is 4.31 Å². The Kier molecular flexibility index (Phi) is 6.67. The van der Waals surface area contributed by atoms with Gasteiger partial charge in [0.25, 0.3) is 0 Å². The molecule has 1 saturated heterocycles. The maximum atomic E-state index is 13.2. The third-order valence-electron chi connectivity index (χ3n) is 5.53. The van der Waals surface area contributed by atoms with Crippen molar-refractivity contribution in [3.05, 3.63) is 48.0 Å². The van der Waals surface area contributed by atoms with E-state index in [-0.39, 0.29) is 23.3 Å². The zero-order valence-electron chi connectivity index (χ0n) is 17.8. The molecule has 30 heavy (non-hydrogen) atoms. The summed E-state index contributed by atoms with van der Waals surface area (Å²) in [5.41, 5.74) is 1.49. The number of carbonyl (C=O) groups excluding carboxylic acids is 1. The fourth-order valence-corrected chi connectivity index (χ4v) is 5.34. The zero-order chi connectivity index (χ0) is 21.9. The molecule has 0 bridgehead atoms. The van der Waals surface area contributed by atoms with E-state index in [4.69, 9.17) is 9.47 Å². The summed E-state index contributed by atoms with van der Waals surface area (Å²) >= 11 is 0. The quantitative estimate of drug-likeness (QED) is 0.701. The number of methoxy groups -OCH3 is 2. The van der Waals surface area contributed by atoms with Gasteiger partial charge in [0.05, 0.1) is 25.0 Å². The number of carbonyl (C=O) groups is 1. The molecule has 3 rings (SSSR count). The minimum atomic E-state index is -3.68. The lowest BCUT2D eigenvalue weighted by atomic mass is 9.98. The largest absolute Gasteiger partial charge is 0.497 e. The predicted molar refractivity (Wildman–Crippen MR) is 116 cm³/mol. The Hall–Kier alpha value is -2.58. The van der Waals surface area contributed by atoms with Gasteiger partial charge in [0, 0.05) is 25.8 Å². The van der Waals surface area contributed by atoms with Crippen molar-refractivity contribution in [2.45, 2.75) is 24.7 Å². The lowest BCUT2D eigenvalue weighted by Crippen LogP contribution is -2.45. The SMILES string of the molecule is COc1ccc(N(C)C(=O)[C@@H]2CCCN(S(=O)(=O)c3ccc(OC)c(C)c3)C2)cc1. The van der Waals surface area contributed by atoms with Crippen molar-refractivity contribution in [1.29, 1.82) is 0 Å². The Bertz CT molecular complexity index is 1000. The number of anilines is 1. The molecule has 0 unspecified atom stereocenters. The van der Waals surface area contributed by atoms with Gasteiger partial charge in [-0.05, 0) is 67.8 Å². The van der Waals surface area contributed by atoms with E-state index in [1.807, 2.05) is 19.1 Å². The molecular formula is C22H28N2O5S. The van der Waals surface area contributed by atoms with E-state index in [1.54, 1.807) is 56.5 Å². The molecule has 0 radical (unpaired) electrons. The molecule has 0 N–H and O–H groups in total. The van der Waals surface area contributed by atoms with Gasteiger partial charge < -0.3 is 14.4 Å². The number of aryl methyl sites for hydroxylation is 1. The van der Waals surface area contributed by atoms with E-state index in [9.17, 15) is 13.2 Å². The number of benzene rings is 2. The molecule has 1 aliphatic heterocycles. The van der Waals surface area contributed by atoms with Crippen molar-refractivity contribution in [2.75, 3.05) is 39.3 Å². The Morgan fingerprint density at radius 3 is 2.40 bits per heavy atom.